The fourth-order valence-electron chi connectivity index (χ4n) is 2.43. The van der Waals surface area contributed by atoms with E-state index in [0.717, 1.165) is 22.8 Å². The first-order valence-corrected chi connectivity index (χ1v) is 9.16. The van der Waals surface area contributed by atoms with Crippen LogP contribution in [-0.2, 0) is 11.2 Å². The lowest BCUT2D eigenvalue weighted by molar-refractivity contribution is -0.118. The number of aryl methyl sites for hydroxylation is 2. The average Bonchev–Trinajstić information content (AvgIpc) is 3.22. The first-order valence-electron chi connectivity index (χ1n) is 7.47. The maximum absolute atomic E-state index is 12.4. The van der Waals surface area contributed by atoms with Gasteiger partial charge in [0.25, 0.3) is 0 Å². The summed E-state index contributed by atoms with van der Waals surface area (Å²) in [6.45, 7) is 2.02. The molecule has 2 aromatic heterocycles. The van der Waals surface area contributed by atoms with Crippen LogP contribution in [0.3, 0.4) is 0 Å². The third-order valence-corrected chi connectivity index (χ3v) is 5.55. The zero-order valence-corrected chi connectivity index (χ0v) is 14.8. The number of rotatable bonds is 5. The number of hydrogen-bond acceptors (Lipinski definition) is 4. The second-order valence-corrected chi connectivity index (χ2v) is 7.51. The Balaban J connectivity index is 1.70. The van der Waals surface area contributed by atoms with Crippen LogP contribution >= 0.6 is 22.7 Å². The van der Waals surface area contributed by atoms with Crippen LogP contribution < -0.4 is 4.90 Å². The zero-order chi connectivity index (χ0) is 16.2. The van der Waals surface area contributed by atoms with Crippen LogP contribution in [0.25, 0.3) is 10.6 Å². The standard InChI is InChI=1S/C18H18N2OS2/c1-13-19-18(15-9-6-12-22-15)16(23-13)10-11-17(21)20(2)14-7-4-3-5-8-14/h3-9,12H,10-11H2,1-2H3. The lowest BCUT2D eigenvalue weighted by Gasteiger charge is -2.17. The minimum absolute atomic E-state index is 0.124. The molecular weight excluding hydrogens is 324 g/mol. The van der Waals surface area contributed by atoms with Gasteiger partial charge in [-0.15, -0.1) is 22.7 Å². The number of anilines is 1. The van der Waals surface area contributed by atoms with E-state index in [1.54, 1.807) is 27.6 Å². The fraction of sp³-hybridized carbons (Fsp3) is 0.222. The van der Waals surface area contributed by atoms with Crippen molar-refractivity contribution in [2.75, 3.05) is 11.9 Å². The normalized spacial score (nSPS) is 10.7. The van der Waals surface area contributed by atoms with Crippen LogP contribution in [-0.4, -0.2) is 17.9 Å². The van der Waals surface area contributed by atoms with Crippen LogP contribution in [0.15, 0.2) is 47.8 Å². The van der Waals surface area contributed by atoms with Crippen molar-refractivity contribution < 1.29 is 4.79 Å². The van der Waals surface area contributed by atoms with Crippen molar-refractivity contribution >= 4 is 34.3 Å². The summed E-state index contributed by atoms with van der Waals surface area (Å²) >= 11 is 3.38. The Labute approximate surface area is 144 Å². The van der Waals surface area contributed by atoms with E-state index in [4.69, 9.17) is 0 Å². The van der Waals surface area contributed by atoms with E-state index in [2.05, 4.69) is 16.4 Å². The second-order valence-electron chi connectivity index (χ2n) is 5.27. The Bertz CT molecular complexity index is 779. The van der Waals surface area contributed by atoms with Crippen molar-refractivity contribution in [2.45, 2.75) is 19.8 Å². The molecule has 5 heteroatoms. The van der Waals surface area contributed by atoms with Gasteiger partial charge in [0.1, 0.15) is 0 Å². The molecule has 0 saturated heterocycles. The van der Waals surface area contributed by atoms with Crippen molar-refractivity contribution in [3.05, 3.63) is 57.7 Å². The monoisotopic (exact) mass is 342 g/mol. The molecule has 0 aliphatic rings. The average molecular weight is 342 g/mol. The predicted octanol–water partition coefficient (Wildman–Crippen LogP) is 4.78. The van der Waals surface area contributed by atoms with Crippen molar-refractivity contribution in [1.29, 1.82) is 0 Å². The fourth-order valence-corrected chi connectivity index (χ4v) is 4.18. The summed E-state index contributed by atoms with van der Waals surface area (Å²) in [5.41, 5.74) is 1.97. The lowest BCUT2D eigenvalue weighted by Crippen LogP contribution is -2.26. The van der Waals surface area contributed by atoms with Crippen molar-refractivity contribution in [1.82, 2.24) is 4.98 Å². The summed E-state index contributed by atoms with van der Waals surface area (Å²) in [5, 5.41) is 3.11. The predicted molar refractivity (Wildman–Crippen MR) is 98.3 cm³/mol. The Morgan fingerprint density at radius 2 is 1.96 bits per heavy atom. The van der Waals surface area contributed by atoms with Crippen molar-refractivity contribution in [2.24, 2.45) is 0 Å². The highest BCUT2D eigenvalue weighted by Gasteiger charge is 2.16. The van der Waals surface area contributed by atoms with Gasteiger partial charge in [-0.25, -0.2) is 4.98 Å². The highest BCUT2D eigenvalue weighted by atomic mass is 32.1. The molecule has 0 saturated carbocycles. The maximum atomic E-state index is 12.4. The van der Waals surface area contributed by atoms with E-state index in [1.165, 1.54) is 9.75 Å². The summed E-state index contributed by atoms with van der Waals surface area (Å²) in [6.07, 6.45) is 1.22. The van der Waals surface area contributed by atoms with Crippen LogP contribution in [0.2, 0.25) is 0 Å². The van der Waals surface area contributed by atoms with E-state index in [-0.39, 0.29) is 5.91 Å². The van der Waals surface area contributed by atoms with E-state index in [0.29, 0.717) is 6.42 Å². The highest BCUT2D eigenvalue weighted by molar-refractivity contribution is 7.15. The Kier molecular flexibility index (Phi) is 4.88. The van der Waals surface area contributed by atoms with E-state index < -0.39 is 0 Å². The number of thiazole rings is 1. The number of hydrogen-bond donors (Lipinski definition) is 0. The van der Waals surface area contributed by atoms with Crippen LogP contribution in [0, 0.1) is 6.92 Å². The van der Waals surface area contributed by atoms with Crippen molar-refractivity contribution in [3.63, 3.8) is 0 Å². The van der Waals surface area contributed by atoms with Gasteiger partial charge in [-0.3, -0.25) is 4.79 Å². The molecule has 0 spiro atoms. The molecule has 0 atom stereocenters. The van der Waals surface area contributed by atoms with Gasteiger partial charge in [0.2, 0.25) is 5.91 Å². The smallest absolute Gasteiger partial charge is 0.227 e. The summed E-state index contributed by atoms with van der Waals surface area (Å²) < 4.78 is 0. The summed E-state index contributed by atoms with van der Waals surface area (Å²) in [6, 6.07) is 13.9. The number of nitrogens with zero attached hydrogens (tertiary/aromatic N) is 2. The first kappa shape index (κ1) is 15.9. The van der Waals surface area contributed by atoms with Crippen LogP contribution in [0.1, 0.15) is 16.3 Å². The molecule has 0 N–H and O–H groups in total. The van der Waals surface area contributed by atoms with Gasteiger partial charge in [-0.05, 0) is 36.9 Å². The molecule has 0 bridgehead atoms. The second kappa shape index (κ2) is 7.06. The number of aromatic nitrogens is 1. The topological polar surface area (TPSA) is 33.2 Å². The van der Waals surface area contributed by atoms with Gasteiger partial charge in [0.15, 0.2) is 0 Å². The van der Waals surface area contributed by atoms with Crippen molar-refractivity contribution in [3.8, 4) is 10.6 Å². The molecule has 118 valence electrons. The quantitative estimate of drug-likeness (QED) is 0.669. The lowest BCUT2D eigenvalue weighted by atomic mass is 10.2. The molecule has 23 heavy (non-hydrogen) atoms. The van der Waals surface area contributed by atoms with Crippen LogP contribution in [0.4, 0.5) is 5.69 Å². The molecule has 1 aromatic carbocycles. The third kappa shape index (κ3) is 3.68. The molecule has 0 unspecified atom stereocenters. The minimum atomic E-state index is 0.124. The number of carbonyl (C=O) groups excluding carboxylic acids is 1. The number of thiophene rings is 1. The van der Waals surface area contributed by atoms with Gasteiger partial charge >= 0.3 is 0 Å². The number of benzene rings is 1. The SMILES string of the molecule is Cc1nc(-c2cccs2)c(CCC(=O)N(C)c2ccccc2)s1. The molecule has 0 radical (unpaired) electrons. The van der Waals surface area contributed by atoms with Gasteiger partial charge in [-0.1, -0.05) is 24.3 Å². The molecular formula is C18H18N2OS2. The van der Waals surface area contributed by atoms with E-state index >= 15 is 0 Å². The van der Waals surface area contributed by atoms with E-state index in [1.807, 2.05) is 50.4 Å². The Morgan fingerprint density at radius 3 is 2.65 bits per heavy atom. The molecule has 3 aromatic rings. The van der Waals surface area contributed by atoms with E-state index in [9.17, 15) is 4.79 Å². The zero-order valence-electron chi connectivity index (χ0n) is 13.2. The molecule has 0 aliphatic carbocycles. The van der Waals surface area contributed by atoms with Gasteiger partial charge < -0.3 is 4.90 Å². The van der Waals surface area contributed by atoms with Gasteiger partial charge in [0.05, 0.1) is 15.6 Å². The molecule has 0 fully saturated rings. The molecule has 1 amide bonds. The first-order chi connectivity index (χ1) is 11.1. The summed E-state index contributed by atoms with van der Waals surface area (Å²) in [4.78, 5) is 21.2. The molecule has 3 nitrogen and oxygen atoms in total. The number of para-hydroxylation sites is 1. The Hall–Kier alpha value is -1.98. The minimum Gasteiger partial charge on any atom is -0.315 e. The highest BCUT2D eigenvalue weighted by Crippen LogP contribution is 2.32. The third-order valence-electron chi connectivity index (χ3n) is 3.64. The largest absolute Gasteiger partial charge is 0.315 e. The van der Waals surface area contributed by atoms with Crippen LogP contribution in [0.5, 0.6) is 0 Å². The molecule has 3 rings (SSSR count). The Morgan fingerprint density at radius 1 is 1.17 bits per heavy atom. The number of carbonyl (C=O) groups is 1. The molecule has 2 heterocycles. The number of amides is 1. The summed E-state index contributed by atoms with van der Waals surface area (Å²) in [7, 11) is 1.83. The molecule has 0 aliphatic heterocycles. The summed E-state index contributed by atoms with van der Waals surface area (Å²) in [5.74, 6) is 0.124. The van der Waals surface area contributed by atoms with Gasteiger partial charge in [0, 0.05) is 24.0 Å². The maximum Gasteiger partial charge on any atom is 0.227 e. The van der Waals surface area contributed by atoms with Gasteiger partial charge in [-0.2, -0.15) is 0 Å².